The maximum Gasteiger partial charge on any atom is 0.200 e. The summed E-state index contributed by atoms with van der Waals surface area (Å²) in [7, 11) is 1.90. The monoisotopic (exact) mass is 955 g/mol. The molecule has 0 saturated heterocycles. The third kappa shape index (κ3) is 9.93. The summed E-state index contributed by atoms with van der Waals surface area (Å²) in [6.45, 7) is 6.06. The van der Waals surface area contributed by atoms with Crippen molar-refractivity contribution in [2.24, 2.45) is 23.2 Å². The van der Waals surface area contributed by atoms with E-state index in [-0.39, 0.29) is 53.3 Å². The van der Waals surface area contributed by atoms with Gasteiger partial charge in [0.15, 0.2) is 23.0 Å². The van der Waals surface area contributed by atoms with Crippen molar-refractivity contribution < 1.29 is 44.9 Å². The van der Waals surface area contributed by atoms with E-state index in [4.69, 9.17) is 9.47 Å². The summed E-state index contributed by atoms with van der Waals surface area (Å²) in [5.74, 6) is -1.14. The number of carbonyl (C=O) groups excluding carboxylic acids is 1. The SMILES string of the molecule is CNC[C@@H]1C[C@H](c2cc(O)c(O)c(OCCCC(C)C)c2)CC(=O)[C@@H]([C@H](O)CCc2ccc(O)c3c2CCCO3)[C@]2(CC[C@@H](O)[C@@H]2Cc2ccc[nH]2)C2=CCNC(=C2)Nc2ccc3cc(O)ccc3c21. The molecule has 1 aromatic heterocycles. The number of nitrogens with one attached hydrogen (secondary N) is 4. The first-order valence-electron chi connectivity index (χ1n) is 25.3. The van der Waals surface area contributed by atoms with Crippen molar-refractivity contribution in [2.45, 2.75) is 109 Å². The number of aromatic nitrogens is 1. The third-order valence-corrected chi connectivity index (χ3v) is 15.6. The Hall–Kier alpha value is -6.15. The molecule has 9 rings (SSSR count). The van der Waals surface area contributed by atoms with Crippen LogP contribution in [0.2, 0.25) is 0 Å². The molecule has 0 unspecified atom stereocenters. The van der Waals surface area contributed by atoms with Crippen LogP contribution < -0.4 is 25.4 Å². The second kappa shape index (κ2) is 21.1. The van der Waals surface area contributed by atoms with Gasteiger partial charge in [0, 0.05) is 54.0 Å². The quantitative estimate of drug-likeness (QED) is 0.0374. The second-order valence-corrected chi connectivity index (χ2v) is 20.5. The van der Waals surface area contributed by atoms with Gasteiger partial charge in [0.2, 0.25) is 5.75 Å². The minimum Gasteiger partial charge on any atom is -0.508 e. The number of hydrogen-bond donors (Lipinski definition) is 10. The number of Topliss-reactive ketones (excluding diaryl/α,β-unsaturated/α-hetero) is 1. The average Bonchev–Trinajstić information content (AvgIpc) is 3.98. The zero-order valence-corrected chi connectivity index (χ0v) is 40.6. The Kier molecular flexibility index (Phi) is 14.7. The smallest absolute Gasteiger partial charge is 0.200 e. The molecule has 13 heteroatoms. The molecule has 3 aliphatic heterocycles. The molecule has 0 amide bonds. The van der Waals surface area contributed by atoms with Gasteiger partial charge < -0.3 is 61.0 Å². The molecule has 2 bridgehead atoms. The summed E-state index contributed by atoms with van der Waals surface area (Å²) in [5.41, 5.74) is 5.04. The highest BCUT2D eigenvalue weighted by molar-refractivity contribution is 5.92. The number of H-pyrrole nitrogens is 1. The summed E-state index contributed by atoms with van der Waals surface area (Å²) in [6.07, 6.45) is 9.60. The Bertz CT molecular complexity index is 2730. The van der Waals surface area contributed by atoms with Gasteiger partial charge in [0.25, 0.3) is 0 Å². The van der Waals surface area contributed by atoms with Crippen molar-refractivity contribution in [3.05, 3.63) is 124 Å². The highest BCUT2D eigenvalue weighted by Gasteiger charge is 2.58. The molecule has 1 aliphatic carbocycles. The molecule has 10 N–H and O–H groups in total. The van der Waals surface area contributed by atoms with Crippen LogP contribution in [-0.4, -0.2) is 87.0 Å². The number of rotatable bonds is 14. The predicted octanol–water partition coefficient (Wildman–Crippen LogP) is 8.97. The van der Waals surface area contributed by atoms with E-state index in [0.29, 0.717) is 75.6 Å². The minimum atomic E-state index is -1.17. The lowest BCUT2D eigenvalue weighted by Crippen LogP contribution is -2.50. The molecule has 5 aromatic rings. The highest BCUT2D eigenvalue weighted by Crippen LogP contribution is 2.58. The second-order valence-electron chi connectivity index (χ2n) is 20.5. The van der Waals surface area contributed by atoms with E-state index in [0.717, 1.165) is 75.9 Å². The van der Waals surface area contributed by atoms with Crippen molar-refractivity contribution >= 4 is 22.2 Å². The number of aliphatic hydroxyl groups excluding tert-OH is 2. The zero-order chi connectivity index (χ0) is 49.1. The average molecular weight is 955 g/mol. The molecule has 1 saturated carbocycles. The number of aryl methyl sites for hydroxylation is 1. The molecule has 1 spiro atoms. The Morgan fingerprint density at radius 2 is 1.86 bits per heavy atom. The Balaban J connectivity index is 1.23. The highest BCUT2D eigenvalue weighted by atomic mass is 16.5. The lowest BCUT2D eigenvalue weighted by molar-refractivity contribution is -0.134. The number of ketones is 1. The van der Waals surface area contributed by atoms with Crippen LogP contribution in [0.5, 0.6) is 34.5 Å². The van der Waals surface area contributed by atoms with E-state index in [1.807, 2.05) is 49.6 Å². The Morgan fingerprint density at radius 3 is 2.66 bits per heavy atom. The molecule has 1 fully saturated rings. The molecule has 4 aromatic carbocycles. The molecule has 70 heavy (non-hydrogen) atoms. The number of dihydropyridines is 1. The van der Waals surface area contributed by atoms with Gasteiger partial charge in [0.1, 0.15) is 17.4 Å². The number of aromatic amines is 1. The van der Waals surface area contributed by atoms with Gasteiger partial charge in [-0.15, -0.1) is 0 Å². The fraction of sp³-hybridized carbons (Fsp3) is 0.456. The van der Waals surface area contributed by atoms with Crippen LogP contribution in [0.1, 0.15) is 105 Å². The molecule has 4 heterocycles. The number of phenols is 4. The molecule has 4 aliphatic rings. The summed E-state index contributed by atoms with van der Waals surface area (Å²) in [5, 5.41) is 82.0. The van der Waals surface area contributed by atoms with Gasteiger partial charge in [-0.25, -0.2) is 0 Å². The van der Waals surface area contributed by atoms with Gasteiger partial charge in [-0.05, 0) is 177 Å². The minimum absolute atomic E-state index is 0.0368. The van der Waals surface area contributed by atoms with Crippen molar-refractivity contribution in [3.8, 4) is 34.5 Å². The van der Waals surface area contributed by atoms with Crippen LogP contribution in [0.3, 0.4) is 0 Å². The maximum absolute atomic E-state index is 16.3. The van der Waals surface area contributed by atoms with Crippen LogP contribution in [0.25, 0.3) is 10.8 Å². The molecular formula is C57H70N4O9. The number of phenolic OH excluding ortho intramolecular Hbond substituents is 4. The summed E-state index contributed by atoms with van der Waals surface area (Å²) in [6, 6.07) is 20.1. The lowest BCUT2D eigenvalue weighted by Gasteiger charge is -2.46. The Morgan fingerprint density at radius 1 is 1.00 bits per heavy atom. The standard InChI is InChI=1S/C57H70N4O9/c1-33(2)7-5-23-69-51-29-37(28-50(67)55(51)68)36-25-38(32-58-3)53-42-14-13-41(62)26-35(42)10-15-45(53)61-52-30-39(19-22-60-52)57(20-18-46(63)44(57)31-40-8-4-21-59-40)54(49(66)27-36)47(64)16-11-34-12-17-48(65)56-43(34)9-6-24-70-56/h4,8,10,12-15,17,19,21,26,28-30,33,36,38,44,46-47,54,58-65,67-68H,5-7,9,11,16,18,20,22-25,27,31-32H2,1-3H3/t36-,38-,44-,46+,47+,54+,57+/m0/s1. The molecule has 0 radical (unpaired) electrons. The first-order chi connectivity index (χ1) is 33.8. The normalized spacial score (nSPS) is 24.0. The number of aromatic hydroxyl groups is 4. The van der Waals surface area contributed by atoms with Crippen LogP contribution in [0.4, 0.5) is 5.69 Å². The topological polar surface area (TPSA) is 209 Å². The number of carbonyl (C=O) groups is 1. The van der Waals surface area contributed by atoms with E-state index < -0.39 is 35.4 Å². The fourth-order valence-corrected chi connectivity index (χ4v) is 12.4. The third-order valence-electron chi connectivity index (χ3n) is 15.6. The zero-order valence-electron chi connectivity index (χ0n) is 40.6. The lowest BCUT2D eigenvalue weighted by atomic mass is 9.57. The number of ether oxygens (including phenoxy) is 2. The van der Waals surface area contributed by atoms with Crippen molar-refractivity contribution in [1.29, 1.82) is 0 Å². The number of anilines is 1. The number of hydrogen-bond acceptors (Lipinski definition) is 12. The maximum atomic E-state index is 16.3. The molecular weight excluding hydrogens is 885 g/mol. The van der Waals surface area contributed by atoms with Crippen molar-refractivity contribution in [1.82, 2.24) is 15.6 Å². The molecule has 13 nitrogen and oxygen atoms in total. The summed E-state index contributed by atoms with van der Waals surface area (Å²) in [4.78, 5) is 19.7. The molecule has 7 atom stereocenters. The predicted molar refractivity (Wildman–Crippen MR) is 272 cm³/mol. The number of fused-ring (bicyclic) bond motifs is 6. The number of aliphatic hydroxyl groups is 2. The van der Waals surface area contributed by atoms with Gasteiger partial charge in [-0.3, -0.25) is 4.79 Å². The van der Waals surface area contributed by atoms with E-state index in [1.165, 1.54) is 6.07 Å². The van der Waals surface area contributed by atoms with Crippen LogP contribution in [0, 0.1) is 23.2 Å². The van der Waals surface area contributed by atoms with Crippen molar-refractivity contribution in [2.75, 3.05) is 38.7 Å². The number of benzene rings is 4. The first kappa shape index (κ1) is 48.9. The summed E-state index contributed by atoms with van der Waals surface area (Å²) >= 11 is 0. The Labute approximate surface area is 410 Å². The van der Waals surface area contributed by atoms with Gasteiger partial charge in [0.05, 0.1) is 31.3 Å². The van der Waals surface area contributed by atoms with E-state index >= 15 is 4.79 Å². The first-order valence-corrected chi connectivity index (χ1v) is 25.3. The summed E-state index contributed by atoms with van der Waals surface area (Å²) < 4.78 is 12.1. The fourth-order valence-electron chi connectivity index (χ4n) is 12.4. The van der Waals surface area contributed by atoms with Crippen LogP contribution >= 0.6 is 0 Å². The van der Waals surface area contributed by atoms with E-state index in [1.54, 1.807) is 24.3 Å². The van der Waals surface area contributed by atoms with Crippen LogP contribution in [0.15, 0.2) is 96.5 Å². The number of likely N-dealkylation sites (N-methyl/N-ethyl adjacent to an activating group) is 1. The van der Waals surface area contributed by atoms with E-state index in [2.05, 4.69) is 46.9 Å². The van der Waals surface area contributed by atoms with Gasteiger partial charge >= 0.3 is 0 Å². The molecule has 372 valence electrons. The van der Waals surface area contributed by atoms with Crippen LogP contribution in [-0.2, 0) is 24.1 Å². The largest absolute Gasteiger partial charge is 0.508 e. The van der Waals surface area contributed by atoms with E-state index in [9.17, 15) is 30.6 Å². The number of allylic oxidation sites excluding steroid dienone is 2. The van der Waals surface area contributed by atoms with Crippen molar-refractivity contribution in [3.63, 3.8) is 0 Å². The van der Waals surface area contributed by atoms with Gasteiger partial charge in [-0.1, -0.05) is 38.1 Å². The van der Waals surface area contributed by atoms with Gasteiger partial charge in [-0.2, -0.15) is 0 Å².